The number of nitrogen functional groups attached to an aromatic ring is 1. The molecule has 0 aliphatic heterocycles. The lowest BCUT2D eigenvalue weighted by atomic mass is 10.1. The number of nitrogens with zero attached hydrogens (tertiary/aromatic N) is 1. The predicted octanol–water partition coefficient (Wildman–Crippen LogP) is 2.92. The molecule has 0 aliphatic rings. The van der Waals surface area contributed by atoms with Gasteiger partial charge >= 0.3 is 12.4 Å². The summed E-state index contributed by atoms with van der Waals surface area (Å²) in [6.07, 6.45) is -9.44. The van der Waals surface area contributed by atoms with E-state index < -0.39 is 41.6 Å². The number of hydrogen-bond donors (Lipinski definition) is 1. The van der Waals surface area contributed by atoms with Crippen LogP contribution in [0.2, 0.25) is 0 Å². The van der Waals surface area contributed by atoms with Gasteiger partial charge in [-0.2, -0.15) is 26.3 Å². The number of halogens is 6. The van der Waals surface area contributed by atoms with Crippen molar-refractivity contribution in [3.05, 3.63) is 29.3 Å². The summed E-state index contributed by atoms with van der Waals surface area (Å²) in [4.78, 5) is 12.0. The van der Waals surface area contributed by atoms with Crippen LogP contribution in [-0.4, -0.2) is 30.6 Å². The Kier molecular flexibility index (Phi) is 4.21. The summed E-state index contributed by atoms with van der Waals surface area (Å²) >= 11 is 0. The Morgan fingerprint density at radius 2 is 1.75 bits per heavy atom. The lowest BCUT2D eigenvalue weighted by Crippen LogP contribution is -2.36. The number of para-hydroxylation sites is 1. The third-order valence-corrected chi connectivity index (χ3v) is 2.41. The Balaban J connectivity index is 3.12. The van der Waals surface area contributed by atoms with Gasteiger partial charge in [-0.05, 0) is 12.1 Å². The van der Waals surface area contributed by atoms with Gasteiger partial charge in [0.15, 0.2) is 0 Å². The minimum Gasteiger partial charge on any atom is -0.398 e. The number of anilines is 1. The average Bonchev–Trinajstić information content (AvgIpc) is 2.24. The van der Waals surface area contributed by atoms with Gasteiger partial charge in [-0.25, -0.2) is 0 Å². The maximum atomic E-state index is 12.6. The summed E-state index contributed by atoms with van der Waals surface area (Å²) < 4.78 is 74.2. The van der Waals surface area contributed by atoms with Crippen LogP contribution in [0.4, 0.5) is 32.0 Å². The lowest BCUT2D eigenvalue weighted by molar-refractivity contribution is -0.139. The maximum absolute atomic E-state index is 12.6. The van der Waals surface area contributed by atoms with Gasteiger partial charge in [0.25, 0.3) is 5.91 Å². The molecule has 0 heterocycles. The molecule has 0 radical (unpaired) electrons. The monoisotopic (exact) mass is 300 g/mol. The number of benzene rings is 1. The fourth-order valence-electron chi connectivity index (χ4n) is 1.55. The molecule has 0 fully saturated rings. The second-order valence-corrected chi connectivity index (χ2v) is 4.04. The van der Waals surface area contributed by atoms with Crippen LogP contribution in [0.25, 0.3) is 0 Å². The van der Waals surface area contributed by atoms with Crippen LogP contribution < -0.4 is 5.73 Å². The number of carbonyl (C=O) groups is 1. The summed E-state index contributed by atoms with van der Waals surface area (Å²) in [6, 6.07) is 2.50. The van der Waals surface area contributed by atoms with Gasteiger partial charge in [0.05, 0.1) is 16.8 Å². The molecular formula is C11H10F6N2O. The molecule has 0 saturated carbocycles. The Bertz CT molecular complexity index is 509. The fraction of sp³-hybridized carbons (Fsp3) is 0.364. The smallest absolute Gasteiger partial charge is 0.398 e. The van der Waals surface area contributed by atoms with E-state index in [-0.39, 0.29) is 4.90 Å². The maximum Gasteiger partial charge on any atom is 0.418 e. The predicted molar refractivity (Wildman–Crippen MR) is 58.9 cm³/mol. The molecule has 9 heteroatoms. The normalized spacial score (nSPS) is 12.3. The zero-order valence-corrected chi connectivity index (χ0v) is 10.1. The average molecular weight is 300 g/mol. The van der Waals surface area contributed by atoms with E-state index in [2.05, 4.69) is 0 Å². The van der Waals surface area contributed by atoms with Crippen molar-refractivity contribution in [2.24, 2.45) is 0 Å². The number of rotatable bonds is 2. The summed E-state index contributed by atoms with van der Waals surface area (Å²) in [5, 5.41) is 0. The summed E-state index contributed by atoms with van der Waals surface area (Å²) in [6.45, 7) is -1.58. The molecule has 0 atom stereocenters. The summed E-state index contributed by atoms with van der Waals surface area (Å²) in [5.74, 6) is -1.23. The minimum atomic E-state index is -4.79. The molecule has 2 N–H and O–H groups in total. The lowest BCUT2D eigenvalue weighted by Gasteiger charge is -2.21. The first-order chi connectivity index (χ1) is 8.93. The molecule has 3 nitrogen and oxygen atoms in total. The highest BCUT2D eigenvalue weighted by molar-refractivity contribution is 5.99. The molecule has 1 aromatic carbocycles. The Labute approximate surface area is 110 Å². The van der Waals surface area contributed by atoms with Gasteiger partial charge in [-0.15, -0.1) is 0 Å². The Morgan fingerprint density at radius 1 is 1.20 bits per heavy atom. The zero-order chi connectivity index (χ0) is 15.7. The second-order valence-electron chi connectivity index (χ2n) is 4.04. The number of alkyl halides is 6. The number of hydrogen-bond acceptors (Lipinski definition) is 2. The molecule has 20 heavy (non-hydrogen) atoms. The molecular weight excluding hydrogens is 290 g/mol. The van der Waals surface area contributed by atoms with Crippen molar-refractivity contribution >= 4 is 11.6 Å². The largest absolute Gasteiger partial charge is 0.418 e. The summed E-state index contributed by atoms with van der Waals surface area (Å²) in [5.41, 5.74) is 2.45. The topological polar surface area (TPSA) is 46.3 Å². The van der Waals surface area contributed by atoms with E-state index in [9.17, 15) is 31.1 Å². The van der Waals surface area contributed by atoms with Crippen molar-refractivity contribution in [3.8, 4) is 0 Å². The van der Waals surface area contributed by atoms with Crippen molar-refractivity contribution in [3.63, 3.8) is 0 Å². The number of nitrogens with two attached hydrogens (primary N) is 1. The highest BCUT2D eigenvalue weighted by Gasteiger charge is 2.36. The molecule has 1 rings (SSSR count). The third kappa shape index (κ3) is 3.78. The number of amides is 1. The first-order valence-corrected chi connectivity index (χ1v) is 5.21. The molecule has 1 amide bonds. The van der Waals surface area contributed by atoms with Crippen LogP contribution in [0, 0.1) is 0 Å². The van der Waals surface area contributed by atoms with Crippen LogP contribution in [0.3, 0.4) is 0 Å². The molecule has 0 unspecified atom stereocenters. The highest BCUT2D eigenvalue weighted by atomic mass is 19.4. The van der Waals surface area contributed by atoms with Gasteiger partial charge in [0, 0.05) is 7.05 Å². The van der Waals surface area contributed by atoms with E-state index in [1.165, 1.54) is 0 Å². The van der Waals surface area contributed by atoms with Gasteiger partial charge < -0.3 is 10.6 Å². The van der Waals surface area contributed by atoms with Crippen molar-refractivity contribution in [1.82, 2.24) is 4.90 Å². The number of carbonyl (C=O) groups excluding carboxylic acids is 1. The Hall–Kier alpha value is -1.93. The molecule has 0 aliphatic carbocycles. The van der Waals surface area contributed by atoms with E-state index in [0.717, 1.165) is 19.2 Å². The van der Waals surface area contributed by atoms with E-state index in [0.29, 0.717) is 6.07 Å². The molecule has 0 saturated heterocycles. The Morgan fingerprint density at radius 3 is 2.20 bits per heavy atom. The van der Waals surface area contributed by atoms with Crippen LogP contribution in [-0.2, 0) is 6.18 Å². The van der Waals surface area contributed by atoms with Crippen molar-refractivity contribution in [2.75, 3.05) is 19.3 Å². The van der Waals surface area contributed by atoms with E-state index in [1.54, 1.807) is 0 Å². The van der Waals surface area contributed by atoms with Gasteiger partial charge in [-0.1, -0.05) is 6.07 Å². The summed E-state index contributed by atoms with van der Waals surface area (Å²) in [7, 11) is 0.829. The minimum absolute atomic E-state index is 0.256. The van der Waals surface area contributed by atoms with Crippen molar-refractivity contribution in [1.29, 1.82) is 0 Å². The van der Waals surface area contributed by atoms with Gasteiger partial charge in [-0.3, -0.25) is 4.79 Å². The fourth-order valence-corrected chi connectivity index (χ4v) is 1.55. The van der Waals surface area contributed by atoms with Crippen LogP contribution >= 0.6 is 0 Å². The molecule has 1 aromatic rings. The van der Waals surface area contributed by atoms with Gasteiger partial charge in [0.2, 0.25) is 0 Å². The first kappa shape index (κ1) is 16.1. The van der Waals surface area contributed by atoms with E-state index in [4.69, 9.17) is 5.73 Å². The first-order valence-electron chi connectivity index (χ1n) is 5.21. The highest BCUT2D eigenvalue weighted by Crippen LogP contribution is 2.35. The van der Waals surface area contributed by atoms with Gasteiger partial charge in [0.1, 0.15) is 6.54 Å². The van der Waals surface area contributed by atoms with E-state index >= 15 is 0 Å². The molecule has 112 valence electrons. The quantitative estimate of drug-likeness (QED) is 0.674. The van der Waals surface area contributed by atoms with Crippen molar-refractivity contribution < 1.29 is 31.1 Å². The van der Waals surface area contributed by atoms with Crippen LogP contribution in [0.15, 0.2) is 18.2 Å². The standard InChI is InChI=1S/C11H10F6N2O/c1-19(5-10(12,13)14)9(20)6-3-2-4-7(8(6)18)11(15,16)17/h2-4H,5,18H2,1H3. The zero-order valence-electron chi connectivity index (χ0n) is 10.1. The second kappa shape index (κ2) is 5.22. The molecule has 0 aromatic heterocycles. The SMILES string of the molecule is CN(CC(F)(F)F)C(=O)c1cccc(C(F)(F)F)c1N. The van der Waals surface area contributed by atoms with Crippen molar-refractivity contribution in [2.45, 2.75) is 12.4 Å². The van der Waals surface area contributed by atoms with Crippen LogP contribution in [0.5, 0.6) is 0 Å². The molecule has 0 spiro atoms. The van der Waals surface area contributed by atoms with Crippen LogP contribution in [0.1, 0.15) is 15.9 Å². The van der Waals surface area contributed by atoms with E-state index in [1.807, 2.05) is 0 Å². The third-order valence-electron chi connectivity index (χ3n) is 2.41. The molecule has 0 bridgehead atoms.